The molecule has 0 aromatic heterocycles. The number of hydrogen-bond acceptors (Lipinski definition) is 8. The van der Waals surface area contributed by atoms with E-state index in [9.17, 15) is 0 Å². The van der Waals surface area contributed by atoms with Crippen LogP contribution in [0.3, 0.4) is 0 Å². The second-order valence-electron chi connectivity index (χ2n) is 32.7. The van der Waals surface area contributed by atoms with Gasteiger partial charge in [-0.05, 0) is 234 Å². The first-order valence-electron chi connectivity index (χ1n) is 42.7. The number of ether oxygens (including phenoxy) is 4. The monoisotopic (exact) mass is 1620 g/mol. The second-order valence-corrected chi connectivity index (χ2v) is 32.7. The zero-order chi connectivity index (χ0) is 85.0. The standard InChI is InChI=1S/C58H45BN2O2.C58H48N2O2/c1-38-15-23-44(24-16-38)60(45-25-17-39(2)18-26-45)48-31-33-52-54(35-48)62-57-50(42-11-7-5-8-12-42)37-51(43-13-9-6-10-14-43)58-56(57)59(52)53-34-32-49(36-55(53)63-58)61(46-27-19-40(3)20-28-46)47-29-21-41(4)22-30-47;1-41-21-29-47(30-22-41)59(48-31-23-42(2)24-32-48)51-17-11-19-53(37-51)61-57-40-58(56(46-15-9-6-10-16-46)39-55(57)45-13-7-5-8-14-45)62-54-20-12-18-52(38-54)60(49-33-25-43(3)26-34-49)50-35-27-44(4)28-36-50/h5-37H,1-4H3;5-40H,1-4H3. The van der Waals surface area contributed by atoms with Crippen LogP contribution in [0.2, 0.25) is 0 Å². The smallest absolute Gasteiger partial charge is 0.260 e. The molecule has 0 atom stereocenters. The molecule has 0 N–H and O–H groups in total. The van der Waals surface area contributed by atoms with Crippen molar-refractivity contribution >= 4 is 91.3 Å². The summed E-state index contributed by atoms with van der Waals surface area (Å²) in [7, 11) is 0. The first-order valence-corrected chi connectivity index (χ1v) is 42.7. The van der Waals surface area contributed by atoms with E-state index in [0.29, 0.717) is 23.0 Å². The normalized spacial score (nSPS) is 11.5. The number of hydrogen-bond donors (Lipinski definition) is 0. The Morgan fingerprint density at radius 3 is 0.696 bits per heavy atom. The van der Waals surface area contributed by atoms with E-state index < -0.39 is 0 Å². The quantitative estimate of drug-likeness (QED) is 0.0700. The Bertz CT molecular complexity index is 6290. The lowest BCUT2D eigenvalue weighted by molar-refractivity contribution is 0.463. The Labute approximate surface area is 734 Å². The average molecular weight is 1620 g/mol. The summed E-state index contributed by atoms with van der Waals surface area (Å²) in [6.45, 7) is 16.8. The van der Waals surface area contributed by atoms with Crippen LogP contribution in [0.25, 0.3) is 44.5 Å². The third-order valence-corrected chi connectivity index (χ3v) is 23.5. The van der Waals surface area contributed by atoms with E-state index in [1.807, 2.05) is 30.3 Å². The Hall–Kier alpha value is -15.6. The molecule has 0 spiro atoms. The molecule has 20 rings (SSSR count). The van der Waals surface area contributed by atoms with Crippen LogP contribution < -0.4 is 54.9 Å². The molecule has 8 nitrogen and oxygen atoms in total. The van der Waals surface area contributed by atoms with E-state index in [1.165, 1.54) is 44.5 Å². The van der Waals surface area contributed by atoms with Gasteiger partial charge in [-0.1, -0.05) is 287 Å². The number of anilines is 12. The Morgan fingerprint density at radius 1 is 0.200 bits per heavy atom. The van der Waals surface area contributed by atoms with Crippen molar-refractivity contribution < 1.29 is 18.9 Å². The van der Waals surface area contributed by atoms with Crippen molar-refractivity contribution in [1.82, 2.24) is 0 Å². The van der Waals surface area contributed by atoms with E-state index in [-0.39, 0.29) is 6.71 Å². The minimum absolute atomic E-state index is 0.170. The van der Waals surface area contributed by atoms with Crippen LogP contribution >= 0.6 is 0 Å². The summed E-state index contributed by atoms with van der Waals surface area (Å²) in [5.41, 5.74) is 33.7. The Morgan fingerprint density at radius 2 is 0.432 bits per heavy atom. The summed E-state index contributed by atoms with van der Waals surface area (Å²) in [5.74, 6) is 6.05. The average Bonchev–Trinajstić information content (AvgIpc) is 0.704. The summed E-state index contributed by atoms with van der Waals surface area (Å²) < 4.78 is 28.6. The van der Waals surface area contributed by atoms with Crippen LogP contribution in [-0.2, 0) is 0 Å². The van der Waals surface area contributed by atoms with Gasteiger partial charge < -0.3 is 38.5 Å². The van der Waals surface area contributed by atoms with Gasteiger partial charge in [-0.25, -0.2) is 0 Å². The molecule has 18 aromatic carbocycles. The largest absolute Gasteiger partial charge is 0.458 e. The van der Waals surface area contributed by atoms with Crippen molar-refractivity contribution in [2.45, 2.75) is 55.4 Å². The molecule has 125 heavy (non-hydrogen) atoms. The summed E-state index contributed by atoms with van der Waals surface area (Å²) in [4.78, 5) is 9.16. The number of benzene rings is 18. The molecule has 0 bridgehead atoms. The predicted octanol–water partition coefficient (Wildman–Crippen LogP) is 30.7. The molecule has 9 heteroatoms. The van der Waals surface area contributed by atoms with Crippen molar-refractivity contribution in [3.63, 3.8) is 0 Å². The molecule has 0 radical (unpaired) electrons. The lowest BCUT2D eigenvalue weighted by Gasteiger charge is -2.37. The van der Waals surface area contributed by atoms with E-state index in [4.69, 9.17) is 18.9 Å². The number of nitrogens with zero attached hydrogens (tertiary/aromatic N) is 4. The van der Waals surface area contributed by atoms with Crippen LogP contribution in [0.15, 0.2) is 419 Å². The molecule has 0 fully saturated rings. The molecule has 0 amide bonds. The lowest BCUT2D eigenvalue weighted by Crippen LogP contribution is -2.57. The molecule has 604 valence electrons. The third kappa shape index (κ3) is 16.8. The summed E-state index contributed by atoms with van der Waals surface area (Å²) >= 11 is 0. The van der Waals surface area contributed by atoms with Gasteiger partial charge in [0.05, 0.1) is 0 Å². The van der Waals surface area contributed by atoms with Gasteiger partial charge in [0.15, 0.2) is 0 Å². The molecule has 2 aliphatic heterocycles. The topological polar surface area (TPSA) is 49.9 Å². The van der Waals surface area contributed by atoms with Crippen molar-refractivity contribution in [1.29, 1.82) is 0 Å². The first-order chi connectivity index (χ1) is 61.2. The number of aryl methyl sites for hydroxylation is 8. The summed E-state index contributed by atoms with van der Waals surface area (Å²) in [6, 6.07) is 148. The molecule has 2 aliphatic rings. The van der Waals surface area contributed by atoms with Gasteiger partial charge in [-0.15, -0.1) is 0 Å². The van der Waals surface area contributed by atoms with Gasteiger partial charge in [0.25, 0.3) is 6.71 Å². The highest BCUT2D eigenvalue weighted by Gasteiger charge is 2.44. The molecular weight excluding hydrogens is 1520 g/mol. The van der Waals surface area contributed by atoms with E-state index in [0.717, 1.165) is 152 Å². The summed E-state index contributed by atoms with van der Waals surface area (Å²) in [5, 5.41) is 0. The van der Waals surface area contributed by atoms with Crippen molar-refractivity contribution in [2.24, 2.45) is 0 Å². The molecule has 0 saturated heterocycles. The highest BCUT2D eigenvalue weighted by molar-refractivity contribution is 6.98. The maximum atomic E-state index is 7.30. The van der Waals surface area contributed by atoms with E-state index in [2.05, 4.69) is 463 Å². The maximum absolute atomic E-state index is 7.30. The van der Waals surface area contributed by atoms with Crippen LogP contribution in [0, 0.1) is 55.4 Å². The fourth-order valence-corrected chi connectivity index (χ4v) is 16.9. The first kappa shape index (κ1) is 79.2. The molecule has 0 unspecified atom stereocenters. The van der Waals surface area contributed by atoms with Crippen LogP contribution in [-0.4, -0.2) is 6.71 Å². The third-order valence-electron chi connectivity index (χ3n) is 23.5. The van der Waals surface area contributed by atoms with Gasteiger partial charge in [-0.3, -0.25) is 0 Å². The van der Waals surface area contributed by atoms with Gasteiger partial charge in [0.1, 0.15) is 46.0 Å². The SMILES string of the molecule is Cc1ccc(N(c2ccc(C)cc2)c2ccc3c(c2)Oc2c(-c4ccccc4)cc(-c4ccccc4)c4c2B3c2ccc(N(c3ccc(C)cc3)c3ccc(C)cc3)cc2O4)cc1.Cc1ccc(N(c2ccc(C)cc2)c2cccc(Oc3cc(Oc4cccc(N(c5ccc(C)cc5)c5ccc(C)cc5)c4)c(-c4ccccc4)cc3-c3ccccc3)c2)cc1. The summed E-state index contributed by atoms with van der Waals surface area (Å²) in [6.07, 6.45) is 0. The van der Waals surface area contributed by atoms with E-state index in [1.54, 1.807) is 0 Å². The minimum atomic E-state index is -0.170. The van der Waals surface area contributed by atoms with Crippen LogP contribution in [0.5, 0.6) is 46.0 Å². The fourth-order valence-electron chi connectivity index (χ4n) is 16.9. The highest BCUT2D eigenvalue weighted by atomic mass is 16.5. The fraction of sp³-hybridized carbons (Fsp3) is 0.0690. The van der Waals surface area contributed by atoms with Crippen LogP contribution in [0.1, 0.15) is 44.5 Å². The Balaban J connectivity index is 0.000000164. The molecule has 0 saturated carbocycles. The Kier molecular flexibility index (Phi) is 22.1. The van der Waals surface area contributed by atoms with Gasteiger partial charge in [-0.2, -0.15) is 0 Å². The van der Waals surface area contributed by atoms with Crippen molar-refractivity contribution in [3.05, 3.63) is 463 Å². The zero-order valence-corrected chi connectivity index (χ0v) is 71.3. The van der Waals surface area contributed by atoms with Gasteiger partial charge >= 0.3 is 0 Å². The van der Waals surface area contributed by atoms with Crippen LogP contribution in [0.4, 0.5) is 68.2 Å². The van der Waals surface area contributed by atoms with Crippen molar-refractivity contribution in [3.8, 4) is 90.5 Å². The van der Waals surface area contributed by atoms with Gasteiger partial charge in [0.2, 0.25) is 0 Å². The predicted molar refractivity (Wildman–Crippen MR) is 522 cm³/mol. The molecule has 0 aliphatic carbocycles. The molecule has 2 heterocycles. The zero-order valence-electron chi connectivity index (χ0n) is 71.3. The lowest BCUT2D eigenvalue weighted by atomic mass is 9.34. The number of fused-ring (bicyclic) bond motifs is 4. The van der Waals surface area contributed by atoms with Gasteiger partial charge in [0, 0.05) is 126 Å². The molecular formula is C116H93BN4O4. The maximum Gasteiger partial charge on any atom is 0.260 e. The second kappa shape index (κ2) is 34.9. The van der Waals surface area contributed by atoms with Crippen molar-refractivity contribution in [2.75, 3.05) is 19.6 Å². The van der Waals surface area contributed by atoms with E-state index >= 15 is 0 Å². The number of rotatable bonds is 20. The molecule has 18 aromatic rings. The minimum Gasteiger partial charge on any atom is -0.458 e. The highest BCUT2D eigenvalue weighted by Crippen LogP contribution is 2.51.